The van der Waals surface area contributed by atoms with E-state index in [0.29, 0.717) is 5.92 Å². The van der Waals surface area contributed by atoms with Crippen LogP contribution in [0.5, 0.6) is 0 Å². The second kappa shape index (κ2) is 4.72. The molecule has 0 unspecified atom stereocenters. The molecule has 0 saturated carbocycles. The van der Waals surface area contributed by atoms with Crippen LogP contribution in [-0.2, 0) is 13.0 Å². The normalized spacial score (nSPS) is 21.8. The fourth-order valence-corrected chi connectivity index (χ4v) is 3.51. The van der Waals surface area contributed by atoms with Crippen LogP contribution in [0.1, 0.15) is 35.8 Å². The molecule has 0 radical (unpaired) electrons. The molecule has 0 spiro atoms. The maximum Gasteiger partial charge on any atom is 0.131 e. The minimum atomic E-state index is 0.605. The van der Waals surface area contributed by atoms with E-state index in [2.05, 4.69) is 28.3 Å². The Bertz CT molecular complexity index is 375. The van der Waals surface area contributed by atoms with Crippen LogP contribution in [0.2, 0.25) is 0 Å². The minimum absolute atomic E-state index is 0.605. The number of fused-ring (bicyclic) bond motifs is 1. The summed E-state index contributed by atoms with van der Waals surface area (Å²) in [6.45, 7) is 1.99. The van der Waals surface area contributed by atoms with Gasteiger partial charge in [-0.15, -0.1) is 0 Å². The quantitative estimate of drug-likeness (QED) is 0.804. The third-order valence-electron chi connectivity index (χ3n) is 3.42. The summed E-state index contributed by atoms with van der Waals surface area (Å²) in [5.74, 6) is 4.23. The molecule has 1 saturated heterocycles. The van der Waals surface area contributed by atoms with Crippen molar-refractivity contribution < 1.29 is 0 Å². The molecule has 0 atom stereocenters. The first-order valence-electron chi connectivity index (χ1n) is 6.06. The molecule has 1 aromatic rings. The van der Waals surface area contributed by atoms with Crippen LogP contribution in [0.4, 0.5) is 0 Å². The van der Waals surface area contributed by atoms with Crippen LogP contribution in [0.25, 0.3) is 0 Å². The van der Waals surface area contributed by atoms with Crippen LogP contribution in [-0.4, -0.2) is 28.0 Å². The van der Waals surface area contributed by atoms with Gasteiger partial charge in [0.1, 0.15) is 5.82 Å². The van der Waals surface area contributed by atoms with Gasteiger partial charge in [-0.2, -0.15) is 11.8 Å². The molecule has 3 rings (SSSR count). The predicted molar refractivity (Wildman–Crippen MR) is 66.7 cm³/mol. The van der Waals surface area contributed by atoms with Gasteiger partial charge in [0.2, 0.25) is 0 Å². The summed E-state index contributed by atoms with van der Waals surface area (Å²) in [6.07, 6.45) is 5.63. The van der Waals surface area contributed by atoms with Gasteiger partial charge in [-0.25, -0.2) is 9.97 Å². The van der Waals surface area contributed by atoms with E-state index in [4.69, 9.17) is 4.98 Å². The largest absolute Gasteiger partial charge is 0.311 e. The SMILES string of the molecule is c1nc(C2CCSCC2)nc2c1CCNC2. The number of hydrogen-bond acceptors (Lipinski definition) is 4. The summed E-state index contributed by atoms with van der Waals surface area (Å²) >= 11 is 2.05. The summed E-state index contributed by atoms with van der Waals surface area (Å²) in [7, 11) is 0. The third kappa shape index (κ3) is 2.09. The molecule has 0 amide bonds. The first-order chi connectivity index (χ1) is 7.93. The van der Waals surface area contributed by atoms with Gasteiger partial charge in [0, 0.05) is 18.7 Å². The van der Waals surface area contributed by atoms with Gasteiger partial charge in [0.25, 0.3) is 0 Å². The van der Waals surface area contributed by atoms with E-state index in [1.807, 2.05) is 0 Å². The molecule has 4 heteroatoms. The van der Waals surface area contributed by atoms with Crippen molar-refractivity contribution in [1.29, 1.82) is 0 Å². The zero-order valence-corrected chi connectivity index (χ0v) is 10.2. The topological polar surface area (TPSA) is 37.8 Å². The second-order valence-corrected chi connectivity index (χ2v) is 5.74. The summed E-state index contributed by atoms with van der Waals surface area (Å²) in [6, 6.07) is 0. The Morgan fingerprint density at radius 3 is 3.06 bits per heavy atom. The lowest BCUT2D eigenvalue weighted by molar-refractivity contribution is 0.570. The molecule has 16 heavy (non-hydrogen) atoms. The van der Waals surface area contributed by atoms with Gasteiger partial charge >= 0.3 is 0 Å². The monoisotopic (exact) mass is 235 g/mol. The zero-order valence-electron chi connectivity index (χ0n) is 9.41. The average Bonchev–Trinajstić information content (AvgIpc) is 2.39. The first kappa shape index (κ1) is 10.5. The molecule has 1 fully saturated rings. The fourth-order valence-electron chi connectivity index (χ4n) is 2.40. The van der Waals surface area contributed by atoms with Crippen molar-refractivity contribution in [1.82, 2.24) is 15.3 Å². The number of rotatable bonds is 1. The molecule has 0 aliphatic carbocycles. The molecule has 3 heterocycles. The van der Waals surface area contributed by atoms with Crippen LogP contribution in [0.3, 0.4) is 0 Å². The van der Waals surface area contributed by atoms with Crippen LogP contribution >= 0.6 is 11.8 Å². The summed E-state index contributed by atoms with van der Waals surface area (Å²) < 4.78 is 0. The van der Waals surface area contributed by atoms with Crippen molar-refractivity contribution in [3.05, 3.63) is 23.3 Å². The molecule has 1 aromatic heterocycles. The zero-order chi connectivity index (χ0) is 10.8. The van der Waals surface area contributed by atoms with E-state index in [-0.39, 0.29) is 0 Å². The predicted octanol–water partition coefficient (Wildman–Crippen LogP) is 1.73. The van der Waals surface area contributed by atoms with Crippen LogP contribution in [0.15, 0.2) is 6.20 Å². The Kier molecular flexibility index (Phi) is 3.11. The Morgan fingerprint density at radius 2 is 2.19 bits per heavy atom. The van der Waals surface area contributed by atoms with Crippen molar-refractivity contribution in [3.8, 4) is 0 Å². The van der Waals surface area contributed by atoms with Gasteiger partial charge in [0.05, 0.1) is 5.69 Å². The smallest absolute Gasteiger partial charge is 0.131 e. The molecule has 1 N–H and O–H groups in total. The Balaban J connectivity index is 1.84. The van der Waals surface area contributed by atoms with Gasteiger partial charge < -0.3 is 5.32 Å². The lowest BCUT2D eigenvalue weighted by atomic mass is 10.0. The summed E-state index contributed by atoms with van der Waals surface area (Å²) in [5, 5.41) is 3.38. The van der Waals surface area contributed by atoms with Crippen molar-refractivity contribution in [2.45, 2.75) is 31.7 Å². The number of aromatic nitrogens is 2. The molecule has 0 bridgehead atoms. The molecule has 86 valence electrons. The van der Waals surface area contributed by atoms with E-state index in [9.17, 15) is 0 Å². The minimum Gasteiger partial charge on any atom is -0.311 e. The van der Waals surface area contributed by atoms with Crippen molar-refractivity contribution in [3.63, 3.8) is 0 Å². The summed E-state index contributed by atoms with van der Waals surface area (Å²) in [5.41, 5.74) is 2.57. The maximum atomic E-state index is 4.75. The second-order valence-electron chi connectivity index (χ2n) is 4.51. The number of hydrogen-bond donors (Lipinski definition) is 1. The molecule has 0 aromatic carbocycles. The van der Waals surface area contributed by atoms with Crippen LogP contribution in [0, 0.1) is 0 Å². The average molecular weight is 235 g/mol. The lowest BCUT2D eigenvalue weighted by Crippen LogP contribution is -2.26. The Labute approximate surface area is 100 Å². The highest BCUT2D eigenvalue weighted by molar-refractivity contribution is 7.99. The highest BCUT2D eigenvalue weighted by Gasteiger charge is 2.20. The van der Waals surface area contributed by atoms with Crippen molar-refractivity contribution >= 4 is 11.8 Å². The molecule has 3 nitrogen and oxygen atoms in total. The molecule has 2 aliphatic rings. The lowest BCUT2D eigenvalue weighted by Gasteiger charge is -2.22. The van der Waals surface area contributed by atoms with Gasteiger partial charge in [-0.1, -0.05) is 0 Å². The van der Waals surface area contributed by atoms with Gasteiger partial charge in [-0.05, 0) is 42.9 Å². The third-order valence-corrected chi connectivity index (χ3v) is 4.47. The molecular weight excluding hydrogens is 218 g/mol. The standard InChI is InChI=1S/C12H17N3S/c1-4-13-8-11-10(1)7-14-12(15-11)9-2-5-16-6-3-9/h7,9,13H,1-6,8H2. The Hall–Kier alpha value is -0.610. The highest BCUT2D eigenvalue weighted by Crippen LogP contribution is 2.29. The van der Waals surface area contributed by atoms with Crippen molar-refractivity contribution in [2.75, 3.05) is 18.1 Å². The first-order valence-corrected chi connectivity index (χ1v) is 7.22. The molecular formula is C12H17N3S. The van der Waals surface area contributed by atoms with E-state index < -0.39 is 0 Å². The number of thioether (sulfide) groups is 1. The number of nitrogens with zero attached hydrogens (tertiary/aromatic N) is 2. The maximum absolute atomic E-state index is 4.75. The van der Waals surface area contributed by atoms with E-state index in [0.717, 1.165) is 25.3 Å². The van der Waals surface area contributed by atoms with Crippen LogP contribution < -0.4 is 5.32 Å². The van der Waals surface area contributed by atoms with Crippen molar-refractivity contribution in [2.24, 2.45) is 0 Å². The fraction of sp³-hybridized carbons (Fsp3) is 0.667. The molecule has 2 aliphatic heterocycles. The summed E-state index contributed by atoms with van der Waals surface area (Å²) in [4.78, 5) is 9.32. The van der Waals surface area contributed by atoms with E-state index in [1.54, 1.807) is 0 Å². The highest BCUT2D eigenvalue weighted by atomic mass is 32.2. The van der Waals surface area contributed by atoms with Gasteiger partial charge in [0.15, 0.2) is 0 Å². The van der Waals surface area contributed by atoms with Gasteiger partial charge in [-0.3, -0.25) is 0 Å². The van der Waals surface area contributed by atoms with E-state index in [1.165, 1.54) is 35.6 Å². The number of nitrogens with one attached hydrogen (secondary N) is 1. The van der Waals surface area contributed by atoms with E-state index >= 15 is 0 Å². The Morgan fingerprint density at radius 1 is 1.31 bits per heavy atom.